The van der Waals surface area contributed by atoms with E-state index in [9.17, 15) is 20.4 Å². The van der Waals surface area contributed by atoms with E-state index < -0.39 is 30.5 Å². The van der Waals surface area contributed by atoms with E-state index in [1.807, 2.05) is 4.90 Å². The van der Waals surface area contributed by atoms with Gasteiger partial charge in [-0.15, -0.1) is 0 Å². The van der Waals surface area contributed by atoms with Crippen molar-refractivity contribution in [1.29, 1.82) is 0 Å². The fraction of sp³-hybridized carbons (Fsp3) is 1.00. The van der Waals surface area contributed by atoms with Crippen LogP contribution in [0.2, 0.25) is 0 Å². The minimum absolute atomic E-state index is 0.333. The Morgan fingerprint density at radius 2 is 1.62 bits per heavy atom. The van der Waals surface area contributed by atoms with Crippen LogP contribution in [0.1, 0.15) is 6.42 Å². The molecule has 0 radical (unpaired) electrons. The zero-order chi connectivity index (χ0) is 9.59. The molecule has 0 spiro atoms. The number of hydrogen-bond donors (Lipinski definition) is 4. The van der Waals surface area contributed by atoms with E-state index in [2.05, 4.69) is 0 Å². The summed E-state index contributed by atoms with van der Waals surface area (Å²) >= 11 is 0. The SMILES string of the molecule is O[C@@H]1[C@H](O)CN2CC[C@H](O)C2[C@H]1O. The highest BCUT2D eigenvalue weighted by Crippen LogP contribution is 2.27. The second-order valence-electron chi connectivity index (χ2n) is 3.89. The van der Waals surface area contributed by atoms with E-state index in [1.165, 1.54) is 0 Å². The Kier molecular flexibility index (Phi) is 2.29. The molecule has 5 heteroatoms. The van der Waals surface area contributed by atoms with Gasteiger partial charge in [-0.1, -0.05) is 0 Å². The van der Waals surface area contributed by atoms with Gasteiger partial charge in [-0.05, 0) is 6.42 Å². The molecule has 2 aliphatic rings. The number of nitrogens with zero attached hydrogens (tertiary/aromatic N) is 1. The van der Waals surface area contributed by atoms with Crippen molar-refractivity contribution >= 4 is 0 Å². The molecule has 2 heterocycles. The minimum Gasteiger partial charge on any atom is -0.391 e. The van der Waals surface area contributed by atoms with Crippen molar-refractivity contribution < 1.29 is 20.4 Å². The Morgan fingerprint density at radius 3 is 2.31 bits per heavy atom. The molecular weight excluding hydrogens is 174 g/mol. The first kappa shape index (κ1) is 9.36. The van der Waals surface area contributed by atoms with Gasteiger partial charge in [0.25, 0.3) is 0 Å². The molecule has 76 valence electrons. The van der Waals surface area contributed by atoms with E-state index in [0.717, 1.165) is 0 Å². The number of aliphatic hydroxyl groups is 4. The molecule has 0 aliphatic carbocycles. The third-order valence-corrected chi connectivity index (χ3v) is 3.04. The van der Waals surface area contributed by atoms with Crippen LogP contribution in [0.3, 0.4) is 0 Å². The van der Waals surface area contributed by atoms with Gasteiger partial charge in [0.15, 0.2) is 0 Å². The van der Waals surface area contributed by atoms with Crippen LogP contribution in [0.25, 0.3) is 0 Å². The Balaban J connectivity index is 2.15. The lowest BCUT2D eigenvalue weighted by Gasteiger charge is -2.40. The summed E-state index contributed by atoms with van der Waals surface area (Å²) in [6.07, 6.45) is -3.06. The number of hydrogen-bond acceptors (Lipinski definition) is 5. The summed E-state index contributed by atoms with van der Waals surface area (Å²) in [5, 5.41) is 37.8. The average Bonchev–Trinajstić information content (AvgIpc) is 2.43. The molecule has 5 atom stereocenters. The lowest BCUT2D eigenvalue weighted by Crippen LogP contribution is -2.61. The third-order valence-electron chi connectivity index (χ3n) is 3.04. The van der Waals surface area contributed by atoms with Gasteiger partial charge in [0.2, 0.25) is 0 Å². The maximum atomic E-state index is 9.58. The molecule has 0 saturated carbocycles. The molecule has 0 aromatic rings. The second kappa shape index (κ2) is 3.18. The zero-order valence-electron chi connectivity index (χ0n) is 7.24. The quantitative estimate of drug-likeness (QED) is 0.339. The highest BCUT2D eigenvalue weighted by atomic mass is 16.4. The molecule has 1 unspecified atom stereocenters. The average molecular weight is 189 g/mol. The topological polar surface area (TPSA) is 84.2 Å². The highest BCUT2D eigenvalue weighted by molar-refractivity contribution is 5.01. The van der Waals surface area contributed by atoms with Gasteiger partial charge in [-0.2, -0.15) is 0 Å². The molecule has 2 fully saturated rings. The zero-order valence-corrected chi connectivity index (χ0v) is 7.24. The van der Waals surface area contributed by atoms with E-state index in [4.69, 9.17) is 0 Å². The monoisotopic (exact) mass is 189 g/mol. The number of aliphatic hydroxyl groups excluding tert-OH is 4. The largest absolute Gasteiger partial charge is 0.391 e. The number of fused-ring (bicyclic) bond motifs is 1. The first-order valence-electron chi connectivity index (χ1n) is 4.57. The van der Waals surface area contributed by atoms with E-state index in [0.29, 0.717) is 19.5 Å². The van der Waals surface area contributed by atoms with E-state index in [-0.39, 0.29) is 0 Å². The second-order valence-corrected chi connectivity index (χ2v) is 3.89. The first-order valence-corrected chi connectivity index (χ1v) is 4.57. The molecule has 0 aromatic carbocycles. The third kappa shape index (κ3) is 1.37. The van der Waals surface area contributed by atoms with Crippen LogP contribution in [-0.2, 0) is 0 Å². The predicted molar refractivity (Wildman–Crippen MR) is 44.0 cm³/mol. The van der Waals surface area contributed by atoms with Crippen LogP contribution < -0.4 is 0 Å². The van der Waals surface area contributed by atoms with Gasteiger partial charge in [0, 0.05) is 13.1 Å². The summed E-state index contributed by atoms with van der Waals surface area (Å²) in [5.41, 5.74) is 0. The van der Waals surface area contributed by atoms with Crippen LogP contribution in [0.15, 0.2) is 0 Å². The Morgan fingerprint density at radius 1 is 0.923 bits per heavy atom. The lowest BCUT2D eigenvalue weighted by molar-refractivity contribution is -0.140. The summed E-state index contributed by atoms with van der Waals surface area (Å²) in [6.45, 7) is 1.01. The van der Waals surface area contributed by atoms with Crippen molar-refractivity contribution in [3.05, 3.63) is 0 Å². The Hall–Kier alpha value is -0.200. The summed E-state index contributed by atoms with van der Waals surface area (Å²) < 4.78 is 0. The summed E-state index contributed by atoms with van der Waals surface area (Å²) in [6, 6.07) is -0.404. The highest BCUT2D eigenvalue weighted by Gasteiger charge is 2.47. The van der Waals surface area contributed by atoms with E-state index in [1.54, 1.807) is 0 Å². The van der Waals surface area contributed by atoms with Crippen LogP contribution in [-0.4, -0.2) is 68.9 Å². The molecule has 13 heavy (non-hydrogen) atoms. The van der Waals surface area contributed by atoms with Gasteiger partial charge in [-0.3, -0.25) is 4.90 Å². The van der Waals surface area contributed by atoms with Crippen LogP contribution in [0.5, 0.6) is 0 Å². The molecule has 4 N–H and O–H groups in total. The van der Waals surface area contributed by atoms with Crippen molar-refractivity contribution in [1.82, 2.24) is 4.90 Å². The number of rotatable bonds is 0. The van der Waals surface area contributed by atoms with Crippen LogP contribution in [0.4, 0.5) is 0 Å². The van der Waals surface area contributed by atoms with Crippen molar-refractivity contribution in [3.8, 4) is 0 Å². The maximum absolute atomic E-state index is 9.58. The van der Waals surface area contributed by atoms with Crippen LogP contribution >= 0.6 is 0 Å². The normalized spacial score (nSPS) is 52.2. The fourth-order valence-corrected chi connectivity index (χ4v) is 2.30. The molecule has 2 aliphatic heterocycles. The smallest absolute Gasteiger partial charge is 0.109 e. The standard InChI is InChI=1S/C8H15NO4/c10-4-1-2-9-3-5(11)7(12)8(13)6(4)9/h4-8,10-13H,1-3H2/t4-,5+,6?,7+,8+/m0/s1. The van der Waals surface area contributed by atoms with E-state index >= 15 is 0 Å². The summed E-state index contributed by atoms with van der Waals surface area (Å²) in [5.74, 6) is 0. The maximum Gasteiger partial charge on any atom is 0.109 e. The minimum atomic E-state index is -1.13. The van der Waals surface area contributed by atoms with Gasteiger partial charge >= 0.3 is 0 Å². The molecule has 0 bridgehead atoms. The molecule has 5 nitrogen and oxygen atoms in total. The Labute approximate surface area is 76.2 Å². The predicted octanol–water partition coefficient (Wildman–Crippen LogP) is -2.48. The van der Waals surface area contributed by atoms with Crippen molar-refractivity contribution in [2.24, 2.45) is 0 Å². The van der Waals surface area contributed by atoms with Crippen molar-refractivity contribution in [2.75, 3.05) is 13.1 Å². The molecular formula is C8H15NO4. The molecule has 0 amide bonds. The summed E-state index contributed by atoms with van der Waals surface area (Å²) in [7, 11) is 0. The Bertz CT molecular complexity index is 201. The van der Waals surface area contributed by atoms with Gasteiger partial charge < -0.3 is 20.4 Å². The number of piperidine rings is 1. The first-order chi connectivity index (χ1) is 6.11. The van der Waals surface area contributed by atoms with Gasteiger partial charge in [0.05, 0.1) is 18.2 Å². The lowest BCUT2D eigenvalue weighted by atomic mass is 9.93. The molecule has 0 aromatic heterocycles. The van der Waals surface area contributed by atoms with Gasteiger partial charge in [-0.25, -0.2) is 0 Å². The van der Waals surface area contributed by atoms with Crippen LogP contribution in [0, 0.1) is 0 Å². The molecule has 2 saturated heterocycles. The molecule has 2 rings (SSSR count). The van der Waals surface area contributed by atoms with Gasteiger partial charge in [0.1, 0.15) is 12.2 Å². The van der Waals surface area contributed by atoms with Crippen molar-refractivity contribution in [2.45, 2.75) is 36.9 Å². The summed E-state index contributed by atoms with van der Waals surface area (Å²) in [4.78, 5) is 1.83. The fourth-order valence-electron chi connectivity index (χ4n) is 2.30. The van der Waals surface area contributed by atoms with Crippen molar-refractivity contribution in [3.63, 3.8) is 0 Å².